The first-order chi connectivity index (χ1) is 16.3. The SMILES string of the molecule is Cc1nc(-c2ccc(C)c(S(=O)(=O)N3CCC(C(=O)N4CCC5(CC4)OCCO5)CC3)c2)no1. The third kappa shape index (κ3) is 4.37. The van der Waals surface area contributed by atoms with Gasteiger partial charge in [0.15, 0.2) is 5.79 Å². The van der Waals surface area contributed by atoms with E-state index in [1.165, 1.54) is 4.31 Å². The first kappa shape index (κ1) is 23.4. The number of piperidine rings is 2. The molecule has 3 aliphatic heterocycles. The zero-order valence-corrected chi connectivity index (χ0v) is 20.3. The van der Waals surface area contributed by atoms with E-state index in [1.54, 1.807) is 32.0 Å². The van der Waals surface area contributed by atoms with Crippen molar-refractivity contribution >= 4 is 15.9 Å². The predicted octanol–water partition coefficient (Wildman–Crippen LogP) is 2.12. The highest BCUT2D eigenvalue weighted by atomic mass is 32.2. The number of sulfonamides is 1. The number of nitrogens with zero attached hydrogens (tertiary/aromatic N) is 4. The van der Waals surface area contributed by atoms with Crippen LogP contribution in [0.15, 0.2) is 27.6 Å². The molecule has 1 amide bonds. The number of amides is 1. The topological polar surface area (TPSA) is 115 Å². The first-order valence-electron chi connectivity index (χ1n) is 11.8. The maximum absolute atomic E-state index is 13.5. The van der Waals surface area contributed by atoms with Crippen LogP contribution >= 0.6 is 0 Å². The molecule has 2 aromatic rings. The number of hydrogen-bond donors (Lipinski definition) is 0. The van der Waals surface area contributed by atoms with E-state index in [-0.39, 0.29) is 16.7 Å². The molecule has 0 aliphatic carbocycles. The summed E-state index contributed by atoms with van der Waals surface area (Å²) < 4.78 is 44.9. The number of aryl methyl sites for hydroxylation is 2. The molecule has 0 bridgehead atoms. The highest BCUT2D eigenvalue weighted by molar-refractivity contribution is 7.89. The first-order valence-corrected chi connectivity index (χ1v) is 13.2. The lowest BCUT2D eigenvalue weighted by molar-refractivity contribution is -0.188. The largest absolute Gasteiger partial charge is 0.347 e. The van der Waals surface area contributed by atoms with Gasteiger partial charge in [0, 0.05) is 57.4 Å². The molecular weight excluding hydrogens is 460 g/mol. The molecule has 4 heterocycles. The van der Waals surface area contributed by atoms with Crippen LogP contribution in [0.2, 0.25) is 0 Å². The van der Waals surface area contributed by atoms with Gasteiger partial charge in [-0.15, -0.1) is 0 Å². The highest BCUT2D eigenvalue weighted by Crippen LogP contribution is 2.33. The van der Waals surface area contributed by atoms with Gasteiger partial charge in [0.2, 0.25) is 27.6 Å². The molecule has 1 aromatic heterocycles. The van der Waals surface area contributed by atoms with E-state index in [0.717, 1.165) is 0 Å². The Kier molecular flexibility index (Phi) is 6.21. The Bertz CT molecular complexity index is 1160. The van der Waals surface area contributed by atoms with Crippen molar-refractivity contribution in [2.75, 3.05) is 39.4 Å². The molecular formula is C23H30N4O6S. The van der Waals surface area contributed by atoms with Crippen LogP contribution < -0.4 is 0 Å². The monoisotopic (exact) mass is 490 g/mol. The van der Waals surface area contributed by atoms with Crippen molar-refractivity contribution in [3.05, 3.63) is 29.7 Å². The second kappa shape index (κ2) is 9.03. The van der Waals surface area contributed by atoms with Crippen LogP contribution in [0.4, 0.5) is 0 Å². The van der Waals surface area contributed by atoms with Gasteiger partial charge in [-0.1, -0.05) is 17.3 Å². The Hall–Kier alpha value is -2.34. The van der Waals surface area contributed by atoms with Crippen molar-refractivity contribution in [1.29, 1.82) is 0 Å². The summed E-state index contributed by atoms with van der Waals surface area (Å²) in [5.74, 6) is 0.200. The lowest BCUT2D eigenvalue weighted by Gasteiger charge is -2.40. The predicted molar refractivity (Wildman–Crippen MR) is 121 cm³/mol. The Morgan fingerprint density at radius 1 is 1.06 bits per heavy atom. The Morgan fingerprint density at radius 3 is 2.35 bits per heavy atom. The van der Waals surface area contributed by atoms with Gasteiger partial charge in [-0.05, 0) is 31.4 Å². The summed E-state index contributed by atoms with van der Waals surface area (Å²) in [6.45, 7) is 6.52. The van der Waals surface area contributed by atoms with Gasteiger partial charge in [0.05, 0.1) is 18.1 Å². The van der Waals surface area contributed by atoms with E-state index in [2.05, 4.69) is 10.1 Å². The van der Waals surface area contributed by atoms with E-state index in [9.17, 15) is 13.2 Å². The number of aromatic nitrogens is 2. The minimum atomic E-state index is -3.72. The summed E-state index contributed by atoms with van der Waals surface area (Å²) >= 11 is 0. The maximum Gasteiger partial charge on any atom is 0.243 e. The van der Waals surface area contributed by atoms with Crippen molar-refractivity contribution in [3.8, 4) is 11.4 Å². The normalized spacial score (nSPS) is 21.9. The lowest BCUT2D eigenvalue weighted by atomic mass is 9.94. The van der Waals surface area contributed by atoms with Crippen molar-refractivity contribution < 1.29 is 27.2 Å². The lowest BCUT2D eigenvalue weighted by Crippen LogP contribution is -2.50. The minimum absolute atomic E-state index is 0.107. The molecule has 11 heteroatoms. The summed E-state index contributed by atoms with van der Waals surface area (Å²) in [4.78, 5) is 19.4. The number of ether oxygens (including phenoxy) is 2. The average Bonchev–Trinajstić information content (AvgIpc) is 3.48. The fourth-order valence-electron chi connectivity index (χ4n) is 5.03. The van der Waals surface area contributed by atoms with Crippen LogP contribution in [0.25, 0.3) is 11.4 Å². The summed E-state index contributed by atoms with van der Waals surface area (Å²) in [6.07, 6.45) is 2.38. The van der Waals surface area contributed by atoms with Gasteiger partial charge in [-0.2, -0.15) is 9.29 Å². The summed E-state index contributed by atoms with van der Waals surface area (Å²) in [7, 11) is -3.72. The second-order valence-electron chi connectivity index (χ2n) is 9.23. The van der Waals surface area contributed by atoms with Gasteiger partial charge >= 0.3 is 0 Å². The third-order valence-corrected chi connectivity index (χ3v) is 9.09. The Labute approximate surface area is 199 Å². The van der Waals surface area contributed by atoms with Crippen molar-refractivity contribution in [3.63, 3.8) is 0 Å². The number of carbonyl (C=O) groups is 1. The molecule has 0 saturated carbocycles. The quantitative estimate of drug-likeness (QED) is 0.640. The van der Waals surface area contributed by atoms with Crippen molar-refractivity contribution in [2.45, 2.75) is 50.2 Å². The van der Waals surface area contributed by atoms with Crippen LogP contribution in [0, 0.1) is 19.8 Å². The molecule has 0 unspecified atom stereocenters. The van der Waals surface area contributed by atoms with Crippen LogP contribution in [0.3, 0.4) is 0 Å². The van der Waals surface area contributed by atoms with Crippen molar-refractivity contribution in [1.82, 2.24) is 19.3 Å². The number of likely N-dealkylation sites (tertiary alicyclic amines) is 1. The fraction of sp³-hybridized carbons (Fsp3) is 0.609. The van der Waals surface area contributed by atoms with E-state index in [1.807, 2.05) is 4.90 Å². The summed E-state index contributed by atoms with van der Waals surface area (Å²) in [5, 5.41) is 3.90. The zero-order valence-electron chi connectivity index (χ0n) is 19.5. The Balaban J connectivity index is 1.23. The fourth-order valence-corrected chi connectivity index (χ4v) is 6.75. The van der Waals surface area contributed by atoms with E-state index in [0.29, 0.717) is 87.9 Å². The van der Waals surface area contributed by atoms with Crippen LogP contribution in [0.1, 0.15) is 37.1 Å². The summed E-state index contributed by atoms with van der Waals surface area (Å²) in [6, 6.07) is 5.14. The van der Waals surface area contributed by atoms with Gasteiger partial charge in [-0.3, -0.25) is 4.79 Å². The molecule has 0 N–H and O–H groups in total. The third-order valence-electron chi connectivity index (χ3n) is 7.05. The van der Waals surface area contributed by atoms with Crippen molar-refractivity contribution in [2.24, 2.45) is 5.92 Å². The Morgan fingerprint density at radius 2 is 1.74 bits per heavy atom. The second-order valence-corrected chi connectivity index (χ2v) is 11.1. The highest BCUT2D eigenvalue weighted by Gasteiger charge is 2.42. The maximum atomic E-state index is 13.5. The minimum Gasteiger partial charge on any atom is -0.347 e. The van der Waals surface area contributed by atoms with Gasteiger partial charge < -0.3 is 18.9 Å². The molecule has 34 heavy (non-hydrogen) atoms. The molecule has 0 atom stereocenters. The van der Waals surface area contributed by atoms with Crippen LogP contribution in [-0.4, -0.2) is 78.9 Å². The number of rotatable bonds is 4. The van der Waals surface area contributed by atoms with E-state index >= 15 is 0 Å². The smallest absolute Gasteiger partial charge is 0.243 e. The zero-order chi connectivity index (χ0) is 23.9. The van der Waals surface area contributed by atoms with Gasteiger partial charge in [-0.25, -0.2) is 8.42 Å². The molecule has 5 rings (SSSR count). The molecule has 184 valence electrons. The summed E-state index contributed by atoms with van der Waals surface area (Å²) in [5.41, 5.74) is 1.24. The number of benzene rings is 1. The van der Waals surface area contributed by atoms with Crippen LogP contribution in [-0.2, 0) is 24.3 Å². The van der Waals surface area contributed by atoms with E-state index < -0.39 is 15.8 Å². The molecule has 0 radical (unpaired) electrons. The van der Waals surface area contributed by atoms with Gasteiger partial charge in [0.1, 0.15) is 0 Å². The number of hydrogen-bond acceptors (Lipinski definition) is 8. The van der Waals surface area contributed by atoms with E-state index in [4.69, 9.17) is 14.0 Å². The standard InChI is InChI=1S/C23H30N4O6S/c1-16-3-4-19(21-24-17(2)33-25-21)15-20(16)34(29,30)27-9-5-18(6-10-27)22(28)26-11-7-23(8-12-26)31-13-14-32-23/h3-4,15,18H,5-14H2,1-2H3. The molecule has 1 aromatic carbocycles. The molecule has 3 fully saturated rings. The number of carbonyl (C=O) groups excluding carboxylic acids is 1. The molecule has 1 spiro atoms. The molecule has 10 nitrogen and oxygen atoms in total. The average molecular weight is 491 g/mol. The molecule has 3 aliphatic rings. The van der Waals surface area contributed by atoms with Gasteiger partial charge in [0.25, 0.3) is 0 Å². The molecule has 3 saturated heterocycles. The van der Waals surface area contributed by atoms with Crippen LogP contribution in [0.5, 0.6) is 0 Å².